The van der Waals surface area contributed by atoms with Gasteiger partial charge in [-0.2, -0.15) is 23.0 Å². The average molecular weight is 599 g/mol. The summed E-state index contributed by atoms with van der Waals surface area (Å²) < 4.78 is 63.5. The van der Waals surface area contributed by atoms with Crippen LogP contribution < -0.4 is 9.41 Å². The van der Waals surface area contributed by atoms with Crippen LogP contribution in [0.15, 0.2) is 49.1 Å². The van der Waals surface area contributed by atoms with Crippen LogP contribution in [0.25, 0.3) is 28.1 Å². The molecule has 1 atom stereocenters. The number of H-pyrrole nitrogens is 1. The molecule has 4 heterocycles. The molecule has 0 amide bonds. The molecule has 5 aromatic rings. The Labute approximate surface area is 232 Å². The predicted molar refractivity (Wildman–Crippen MR) is 131 cm³/mol. The number of ether oxygens (including phenoxy) is 1. The van der Waals surface area contributed by atoms with Gasteiger partial charge in [-0.1, -0.05) is 22.0 Å². The Morgan fingerprint density at radius 3 is 2.58 bits per heavy atom. The van der Waals surface area contributed by atoms with Gasteiger partial charge in [0.2, 0.25) is 11.6 Å². The minimum Gasteiger partial charge on any atom is -0.618 e. The zero-order chi connectivity index (χ0) is 28.6. The lowest BCUT2D eigenvalue weighted by molar-refractivity contribution is -0.659. The van der Waals surface area contributed by atoms with Gasteiger partial charge in [0.05, 0.1) is 34.1 Å². The monoisotopic (exact) mass is 598 g/mol. The first kappa shape index (κ1) is 27.5. The second-order valence-corrected chi connectivity index (χ2v) is 9.25. The number of aromatic nitrogens is 9. The van der Waals surface area contributed by atoms with Crippen LogP contribution in [0.4, 0.5) is 17.6 Å². The van der Waals surface area contributed by atoms with E-state index >= 15 is 4.39 Å². The number of halogens is 6. The Kier molecular flexibility index (Phi) is 7.69. The molecule has 5 rings (SSSR count). The second-order valence-electron chi connectivity index (χ2n) is 8.45. The molecule has 0 aliphatic carbocycles. The van der Waals surface area contributed by atoms with Gasteiger partial charge in [-0.05, 0) is 29.8 Å². The topological polar surface area (TPSA) is 117 Å². The number of benzene rings is 1. The van der Waals surface area contributed by atoms with E-state index in [0.29, 0.717) is 4.73 Å². The Morgan fingerprint density at radius 1 is 1.12 bits per heavy atom. The highest BCUT2D eigenvalue weighted by molar-refractivity contribution is 6.31. The molecule has 0 spiro atoms. The molecule has 0 saturated carbocycles. The highest BCUT2D eigenvalue weighted by atomic mass is 35.5. The van der Waals surface area contributed by atoms with E-state index in [4.69, 9.17) is 23.2 Å². The van der Waals surface area contributed by atoms with Gasteiger partial charge < -0.3 is 9.94 Å². The summed E-state index contributed by atoms with van der Waals surface area (Å²) in [5, 5.41) is 31.2. The van der Waals surface area contributed by atoms with Crippen molar-refractivity contribution in [3.05, 3.63) is 81.9 Å². The maximum atomic E-state index is 15.3. The van der Waals surface area contributed by atoms with Gasteiger partial charge in [-0.15, -0.1) is 9.78 Å². The summed E-state index contributed by atoms with van der Waals surface area (Å²) in [6.07, 6.45) is 5.12. The highest BCUT2D eigenvalue weighted by Crippen LogP contribution is 2.32. The largest absolute Gasteiger partial charge is 0.618 e. The number of alkyl halides is 2. The average Bonchev–Trinajstić information content (AvgIpc) is 3.65. The predicted octanol–water partition coefficient (Wildman–Crippen LogP) is 3.78. The summed E-state index contributed by atoms with van der Waals surface area (Å²) in [5.41, 5.74) is 0.626. The van der Waals surface area contributed by atoms with E-state index < -0.39 is 31.0 Å². The number of nitrogens with zero attached hydrogens (tertiary/aromatic N) is 8. The summed E-state index contributed by atoms with van der Waals surface area (Å²) in [4.78, 5) is 0. The second kappa shape index (κ2) is 11.2. The molecular weight excluding hydrogens is 581 g/mol. The van der Waals surface area contributed by atoms with Gasteiger partial charge >= 0.3 is 11.8 Å². The Hall–Kier alpha value is -4.08. The van der Waals surface area contributed by atoms with Gasteiger partial charge in [0.15, 0.2) is 29.6 Å². The van der Waals surface area contributed by atoms with E-state index in [1.54, 1.807) is 0 Å². The van der Waals surface area contributed by atoms with E-state index in [1.165, 1.54) is 59.3 Å². The van der Waals surface area contributed by atoms with Crippen LogP contribution in [-0.2, 0) is 11.8 Å². The van der Waals surface area contributed by atoms with E-state index in [9.17, 15) is 18.4 Å². The molecule has 208 valence electrons. The highest BCUT2D eigenvalue weighted by Gasteiger charge is 2.28. The molecule has 1 aromatic carbocycles. The van der Waals surface area contributed by atoms with Crippen molar-refractivity contribution in [2.75, 3.05) is 6.61 Å². The Balaban J connectivity index is 1.55. The number of rotatable bonds is 9. The van der Waals surface area contributed by atoms with Crippen molar-refractivity contribution in [3.63, 3.8) is 0 Å². The first-order valence-corrected chi connectivity index (χ1v) is 12.2. The van der Waals surface area contributed by atoms with Crippen molar-refractivity contribution in [1.29, 1.82) is 0 Å². The van der Waals surface area contributed by atoms with E-state index in [0.717, 1.165) is 10.9 Å². The third kappa shape index (κ3) is 5.35. The van der Waals surface area contributed by atoms with Crippen LogP contribution in [0.5, 0.6) is 0 Å². The van der Waals surface area contributed by atoms with Gasteiger partial charge in [-0.3, -0.25) is 4.68 Å². The lowest BCUT2D eigenvalue weighted by atomic mass is 10.0. The third-order valence-corrected chi connectivity index (χ3v) is 6.47. The SMILES string of the molecule is Cn1nnc(-c2cnn([C@@H](CCOC(F)F)c3ccc(-c4c(-[n+]5cc(Cl)n[nH]5)ccc(Cl)c4F)c[n+]3[O-])c2)c1F. The fourth-order valence-corrected chi connectivity index (χ4v) is 4.43. The maximum Gasteiger partial charge on any atom is 0.345 e. The zero-order valence-corrected chi connectivity index (χ0v) is 21.9. The maximum absolute atomic E-state index is 15.3. The molecule has 0 aliphatic rings. The summed E-state index contributed by atoms with van der Waals surface area (Å²) >= 11 is 11.9. The first-order valence-electron chi connectivity index (χ1n) is 11.5. The fraction of sp³-hybridized carbons (Fsp3) is 0.217. The normalized spacial score (nSPS) is 12.4. The zero-order valence-electron chi connectivity index (χ0n) is 20.3. The first-order chi connectivity index (χ1) is 19.1. The van der Waals surface area contributed by atoms with E-state index in [2.05, 4.69) is 30.5 Å². The molecule has 4 aromatic heterocycles. The number of aryl methyl sites for hydroxylation is 1. The summed E-state index contributed by atoms with van der Waals surface area (Å²) in [7, 11) is 1.37. The summed E-state index contributed by atoms with van der Waals surface area (Å²) in [5.74, 6) is -1.51. The van der Waals surface area contributed by atoms with Crippen LogP contribution in [0, 0.1) is 17.0 Å². The van der Waals surface area contributed by atoms with Crippen molar-refractivity contribution in [1.82, 2.24) is 35.1 Å². The van der Waals surface area contributed by atoms with Crippen LogP contribution in [0.2, 0.25) is 10.2 Å². The van der Waals surface area contributed by atoms with E-state index in [1.807, 2.05) is 0 Å². The number of pyridine rings is 1. The molecular formula is C23H18Cl2F4N9O2+. The van der Waals surface area contributed by atoms with Gasteiger partial charge in [-0.25, -0.2) is 9.07 Å². The molecule has 17 heteroatoms. The third-order valence-electron chi connectivity index (χ3n) is 5.99. The Bertz CT molecular complexity index is 1670. The van der Waals surface area contributed by atoms with Crippen LogP contribution >= 0.6 is 23.2 Å². The lowest BCUT2D eigenvalue weighted by Crippen LogP contribution is -2.36. The summed E-state index contributed by atoms with van der Waals surface area (Å²) in [6, 6.07) is 4.79. The van der Waals surface area contributed by atoms with Crippen LogP contribution in [0.3, 0.4) is 0 Å². The molecule has 1 N–H and O–H groups in total. The quantitative estimate of drug-likeness (QED) is 0.157. The standard InChI is InChI=1S/C23H17Cl2F4N9O2/c1-35-22(27)21(32-33-35)13-8-30-36(9-13)15(6-7-40-23(28)29)16-4-2-12(10-38(16)39)19-17(5-3-14(24)20(19)26)37-11-18(25)31-34-37/h2-5,8-11,15,23H,6-7H2,1H3/p+1/t15-/m0/s1. The minimum absolute atomic E-state index is 0.0222. The van der Waals surface area contributed by atoms with Crippen molar-refractivity contribution in [2.45, 2.75) is 19.1 Å². The van der Waals surface area contributed by atoms with Crippen molar-refractivity contribution in [3.8, 4) is 28.1 Å². The van der Waals surface area contributed by atoms with Crippen molar-refractivity contribution in [2.24, 2.45) is 7.05 Å². The molecule has 0 aliphatic heterocycles. The van der Waals surface area contributed by atoms with Crippen molar-refractivity contribution < 1.29 is 31.7 Å². The molecule has 0 unspecified atom stereocenters. The van der Waals surface area contributed by atoms with Gasteiger partial charge in [0, 0.05) is 31.3 Å². The molecule has 0 bridgehead atoms. The van der Waals surface area contributed by atoms with E-state index in [-0.39, 0.29) is 50.4 Å². The van der Waals surface area contributed by atoms with Crippen LogP contribution in [0.1, 0.15) is 18.2 Å². The van der Waals surface area contributed by atoms with Crippen molar-refractivity contribution >= 4 is 23.2 Å². The summed E-state index contributed by atoms with van der Waals surface area (Å²) in [6.45, 7) is -3.45. The molecule has 11 nitrogen and oxygen atoms in total. The fourth-order valence-electron chi connectivity index (χ4n) is 4.14. The molecule has 40 heavy (non-hydrogen) atoms. The molecule has 0 radical (unpaired) electrons. The van der Waals surface area contributed by atoms with Gasteiger partial charge in [0.25, 0.3) is 0 Å². The molecule has 0 saturated heterocycles. The van der Waals surface area contributed by atoms with Gasteiger partial charge in [0.1, 0.15) is 6.04 Å². The number of hydrogen-bond acceptors (Lipinski definition) is 6. The molecule has 0 fully saturated rings. The Morgan fingerprint density at radius 2 is 1.93 bits per heavy atom. The smallest absolute Gasteiger partial charge is 0.345 e. The lowest BCUT2D eigenvalue weighted by Gasteiger charge is -2.18. The van der Waals surface area contributed by atoms with Crippen LogP contribution in [-0.4, -0.2) is 48.3 Å². The minimum atomic E-state index is -3.03. The number of nitrogens with one attached hydrogen (secondary N) is 1. The number of aromatic amines is 1. The number of hydrogen-bond donors (Lipinski definition) is 1.